The first kappa shape index (κ1) is 17.9. The maximum absolute atomic E-state index is 4.04. The molecular formula is C17H31N3S. The molecule has 2 heterocycles. The van der Waals surface area contributed by atoms with Gasteiger partial charge in [0.1, 0.15) is 6.33 Å². The van der Waals surface area contributed by atoms with Crippen LogP contribution in [0.3, 0.4) is 0 Å². The van der Waals surface area contributed by atoms with Crippen molar-refractivity contribution in [2.75, 3.05) is 0 Å². The Morgan fingerprint density at radius 1 is 1.00 bits per heavy atom. The van der Waals surface area contributed by atoms with Crippen LogP contribution in [0, 0.1) is 6.92 Å². The molecule has 0 aromatic carbocycles. The molecule has 0 aliphatic rings. The molecule has 0 bridgehead atoms. The minimum atomic E-state index is 0. The topological polar surface area (TPSA) is 41.6 Å². The van der Waals surface area contributed by atoms with E-state index in [1.807, 2.05) is 6.07 Å². The predicted octanol–water partition coefficient (Wildman–Crippen LogP) is 6.23. The van der Waals surface area contributed by atoms with Crippen molar-refractivity contribution in [2.24, 2.45) is 0 Å². The van der Waals surface area contributed by atoms with E-state index in [9.17, 15) is 0 Å². The number of nitrogens with one attached hydrogen (secondary N) is 1. The Bertz CT molecular complexity index is 446. The molecule has 1 N–H and O–H groups in total. The van der Waals surface area contributed by atoms with Crippen LogP contribution >= 0.6 is 11.3 Å². The number of hydrogen-bond donors (Lipinski definition) is 1. The van der Waals surface area contributed by atoms with Crippen LogP contribution in [0.15, 0.2) is 18.5 Å². The summed E-state index contributed by atoms with van der Waals surface area (Å²) in [5.74, 6) is 0.850. The normalized spacial score (nSPS) is 10.2. The zero-order chi connectivity index (χ0) is 15.3. The molecule has 2 aromatic heterocycles. The van der Waals surface area contributed by atoms with Gasteiger partial charge in [-0.05, 0) is 19.1 Å². The fourth-order valence-corrected chi connectivity index (χ4v) is 2.91. The summed E-state index contributed by atoms with van der Waals surface area (Å²) >= 11 is 1.71. The Labute approximate surface area is 134 Å². The Hall–Kier alpha value is -1.16. The molecule has 0 aliphatic carbocycles. The lowest BCUT2D eigenvalue weighted by Crippen LogP contribution is -1.77. The number of H-pyrrole nitrogens is 1. The fraction of sp³-hybridized carbons (Fsp3) is 0.647. The summed E-state index contributed by atoms with van der Waals surface area (Å²) in [4.78, 5) is 6.47. The highest BCUT2D eigenvalue weighted by molar-refractivity contribution is 7.15. The van der Waals surface area contributed by atoms with Crippen molar-refractivity contribution in [1.82, 2.24) is 15.2 Å². The van der Waals surface area contributed by atoms with E-state index in [1.54, 1.807) is 11.3 Å². The Morgan fingerprint density at radius 3 is 2.05 bits per heavy atom. The van der Waals surface area contributed by atoms with Crippen molar-refractivity contribution in [3.63, 3.8) is 0 Å². The van der Waals surface area contributed by atoms with E-state index in [2.05, 4.69) is 42.0 Å². The number of aryl methyl sites for hydroxylation is 1. The predicted molar refractivity (Wildman–Crippen MR) is 94.8 cm³/mol. The van der Waals surface area contributed by atoms with Crippen molar-refractivity contribution < 1.29 is 1.43 Å². The van der Waals surface area contributed by atoms with Gasteiger partial charge in [0.15, 0.2) is 5.82 Å². The van der Waals surface area contributed by atoms with Crippen molar-refractivity contribution in [3.05, 3.63) is 23.3 Å². The van der Waals surface area contributed by atoms with E-state index < -0.39 is 0 Å². The van der Waals surface area contributed by atoms with Gasteiger partial charge in [0.05, 0.1) is 4.88 Å². The van der Waals surface area contributed by atoms with Crippen molar-refractivity contribution >= 4 is 11.3 Å². The van der Waals surface area contributed by atoms with Gasteiger partial charge in [-0.2, -0.15) is 5.10 Å². The number of hydrogen-bond acceptors (Lipinski definition) is 3. The molecule has 2 rings (SSSR count). The zero-order valence-corrected chi connectivity index (χ0v) is 14.5. The number of thiophene rings is 1. The first-order chi connectivity index (χ1) is 10.3. The van der Waals surface area contributed by atoms with Crippen LogP contribution in [0.5, 0.6) is 0 Å². The van der Waals surface area contributed by atoms with E-state index in [4.69, 9.17) is 0 Å². The summed E-state index contributed by atoms with van der Waals surface area (Å²) in [7, 11) is 0. The molecule has 0 spiro atoms. The zero-order valence-electron chi connectivity index (χ0n) is 13.7. The quantitative estimate of drug-likeness (QED) is 0.587. The highest BCUT2D eigenvalue weighted by Crippen LogP contribution is 2.23. The highest BCUT2D eigenvalue weighted by atomic mass is 32.1. The summed E-state index contributed by atoms with van der Waals surface area (Å²) in [6.45, 7) is 6.61. The lowest BCUT2D eigenvalue weighted by Gasteiger charge is -1.97. The molecule has 0 aliphatic heterocycles. The third-order valence-corrected chi connectivity index (χ3v) is 4.35. The van der Waals surface area contributed by atoms with Crippen molar-refractivity contribution in [3.8, 4) is 10.7 Å². The summed E-state index contributed by atoms with van der Waals surface area (Å²) in [6, 6.07) is 4.11. The lowest BCUT2D eigenvalue weighted by molar-refractivity contribution is 0.585. The van der Waals surface area contributed by atoms with E-state index in [0.29, 0.717) is 0 Å². The fourth-order valence-electron chi connectivity index (χ4n) is 2.09. The number of unbranched alkanes of at least 4 members (excludes halogenated alkanes) is 7. The molecule has 21 heavy (non-hydrogen) atoms. The summed E-state index contributed by atoms with van der Waals surface area (Å²) in [5, 5.41) is 6.59. The van der Waals surface area contributed by atoms with Gasteiger partial charge >= 0.3 is 0 Å². The number of aromatic nitrogens is 3. The first-order valence-electron chi connectivity index (χ1n) is 8.20. The molecule has 0 fully saturated rings. The van der Waals surface area contributed by atoms with Crippen LogP contribution in [-0.2, 0) is 0 Å². The third-order valence-electron chi connectivity index (χ3n) is 3.35. The van der Waals surface area contributed by atoms with E-state index in [0.717, 1.165) is 10.7 Å². The van der Waals surface area contributed by atoms with Gasteiger partial charge in [-0.1, -0.05) is 65.2 Å². The summed E-state index contributed by atoms with van der Waals surface area (Å²) < 4.78 is 0. The van der Waals surface area contributed by atoms with Gasteiger partial charge in [0, 0.05) is 6.30 Å². The second-order valence-electron chi connectivity index (χ2n) is 5.37. The highest BCUT2D eigenvalue weighted by Gasteiger charge is 2.01. The Morgan fingerprint density at radius 2 is 1.62 bits per heavy atom. The van der Waals surface area contributed by atoms with Crippen LogP contribution < -0.4 is 0 Å². The SMILES string of the molecule is CCCCCCCCCC.Cc1ccc(-c2ncn[nH]2)s1.[HH]. The molecule has 0 atom stereocenters. The Kier molecular flexibility index (Phi) is 9.79. The second-order valence-corrected chi connectivity index (χ2v) is 6.65. The van der Waals surface area contributed by atoms with E-state index >= 15 is 0 Å². The van der Waals surface area contributed by atoms with Crippen LogP contribution in [0.25, 0.3) is 10.7 Å². The maximum Gasteiger partial charge on any atom is 0.165 e. The van der Waals surface area contributed by atoms with Crippen LogP contribution in [-0.4, -0.2) is 15.2 Å². The van der Waals surface area contributed by atoms with Crippen LogP contribution in [0.4, 0.5) is 0 Å². The molecule has 120 valence electrons. The molecule has 0 saturated heterocycles. The molecule has 0 unspecified atom stereocenters. The molecular weight excluding hydrogens is 278 g/mol. The van der Waals surface area contributed by atoms with Crippen LogP contribution in [0.1, 0.15) is 71.5 Å². The second kappa shape index (κ2) is 11.5. The smallest absolute Gasteiger partial charge is 0.165 e. The molecule has 3 nitrogen and oxygen atoms in total. The standard InChI is InChI=1S/C10H22.C7H7N3S.H2/c1-3-5-7-9-10-8-6-4-2;1-5-2-3-6(11-5)7-8-4-9-10-7;/h3-10H2,1-2H3;2-4H,1H3,(H,8,9,10);1H. The van der Waals surface area contributed by atoms with E-state index in [-0.39, 0.29) is 1.43 Å². The average Bonchev–Trinajstić information content (AvgIpc) is 3.14. The largest absolute Gasteiger partial charge is 0.259 e. The van der Waals surface area contributed by atoms with E-state index in [1.165, 1.54) is 62.6 Å². The summed E-state index contributed by atoms with van der Waals surface area (Å²) in [5.41, 5.74) is 0. The third kappa shape index (κ3) is 8.00. The number of aromatic amines is 1. The van der Waals surface area contributed by atoms with Gasteiger partial charge in [-0.15, -0.1) is 11.3 Å². The summed E-state index contributed by atoms with van der Waals surface area (Å²) in [6.07, 6.45) is 13.0. The van der Waals surface area contributed by atoms with Gasteiger partial charge in [-0.3, -0.25) is 5.10 Å². The minimum absolute atomic E-state index is 0. The van der Waals surface area contributed by atoms with Gasteiger partial charge in [0.2, 0.25) is 0 Å². The minimum Gasteiger partial charge on any atom is -0.259 e. The maximum atomic E-state index is 4.04. The first-order valence-corrected chi connectivity index (χ1v) is 9.01. The molecule has 0 radical (unpaired) electrons. The molecule has 4 heteroatoms. The molecule has 0 amide bonds. The van der Waals surface area contributed by atoms with Gasteiger partial charge in [-0.25, -0.2) is 4.98 Å². The Balaban J connectivity index is 0.000000387. The monoisotopic (exact) mass is 309 g/mol. The number of rotatable bonds is 8. The van der Waals surface area contributed by atoms with Crippen LogP contribution in [0.2, 0.25) is 0 Å². The van der Waals surface area contributed by atoms with Gasteiger partial charge in [0.25, 0.3) is 0 Å². The average molecular weight is 310 g/mol. The van der Waals surface area contributed by atoms with Crippen molar-refractivity contribution in [1.29, 1.82) is 0 Å². The van der Waals surface area contributed by atoms with Gasteiger partial charge < -0.3 is 0 Å². The van der Waals surface area contributed by atoms with Crippen molar-refractivity contribution in [2.45, 2.75) is 72.1 Å². The molecule has 2 aromatic rings. The number of nitrogens with zero attached hydrogens (tertiary/aromatic N) is 2. The molecule has 0 saturated carbocycles. The lowest BCUT2D eigenvalue weighted by atomic mass is 10.1.